The van der Waals surface area contributed by atoms with Gasteiger partial charge in [0.2, 0.25) is 0 Å². The van der Waals surface area contributed by atoms with E-state index < -0.39 is 0 Å². The first-order chi connectivity index (χ1) is 8.66. The van der Waals surface area contributed by atoms with E-state index >= 15 is 0 Å². The van der Waals surface area contributed by atoms with E-state index in [0.29, 0.717) is 13.1 Å². The Morgan fingerprint density at radius 1 is 1.39 bits per heavy atom. The van der Waals surface area contributed by atoms with Crippen molar-refractivity contribution in [2.45, 2.75) is 13.1 Å². The Balaban J connectivity index is 1.76. The zero-order valence-electron chi connectivity index (χ0n) is 9.94. The van der Waals surface area contributed by atoms with Crippen molar-refractivity contribution in [3.05, 3.63) is 44.8 Å². The average Bonchev–Trinajstić information content (AvgIpc) is 2.93. The summed E-state index contributed by atoms with van der Waals surface area (Å²) < 4.78 is 3.04. The van der Waals surface area contributed by atoms with Gasteiger partial charge in [-0.2, -0.15) is 0 Å². The van der Waals surface area contributed by atoms with Crippen LogP contribution >= 0.6 is 27.3 Å². The fourth-order valence-electron chi connectivity index (χ4n) is 1.53. The molecule has 0 fully saturated rings. The summed E-state index contributed by atoms with van der Waals surface area (Å²) >= 11 is 5.05. The minimum Gasteiger partial charge on any atom is -0.353 e. The van der Waals surface area contributed by atoms with Gasteiger partial charge in [-0.15, -0.1) is 11.3 Å². The molecule has 96 valence electrons. The third kappa shape index (κ3) is 3.36. The number of carbonyl (C=O) groups excluding carboxylic acids is 1. The standard InChI is InChI=1S/C12H14BrN3OS/c1-16-5-2-3-10(16)8-15-12(17)14-7-9-4-6-18-11(9)13/h2-6H,7-8H2,1H3,(H2,14,15,17). The van der Waals surface area contributed by atoms with Gasteiger partial charge in [-0.3, -0.25) is 0 Å². The van der Waals surface area contributed by atoms with E-state index in [4.69, 9.17) is 0 Å². The van der Waals surface area contributed by atoms with Gasteiger partial charge in [-0.1, -0.05) is 0 Å². The fourth-order valence-corrected chi connectivity index (χ4v) is 2.77. The first-order valence-corrected chi connectivity index (χ1v) is 7.18. The Kier molecular flexibility index (Phi) is 4.43. The van der Waals surface area contributed by atoms with Gasteiger partial charge >= 0.3 is 6.03 Å². The highest BCUT2D eigenvalue weighted by Gasteiger charge is 2.05. The molecular weight excluding hydrogens is 314 g/mol. The first kappa shape index (κ1) is 13.2. The predicted octanol–water partition coefficient (Wildman–Crippen LogP) is 2.85. The summed E-state index contributed by atoms with van der Waals surface area (Å²) in [6.45, 7) is 1.06. The Morgan fingerprint density at radius 3 is 2.78 bits per heavy atom. The van der Waals surface area contributed by atoms with Crippen molar-refractivity contribution in [1.29, 1.82) is 0 Å². The largest absolute Gasteiger partial charge is 0.353 e. The molecule has 2 aromatic heterocycles. The molecule has 6 heteroatoms. The highest BCUT2D eigenvalue weighted by atomic mass is 79.9. The number of halogens is 1. The monoisotopic (exact) mass is 327 g/mol. The van der Waals surface area contributed by atoms with Crippen LogP contribution in [0, 0.1) is 0 Å². The van der Waals surface area contributed by atoms with E-state index in [1.54, 1.807) is 11.3 Å². The van der Waals surface area contributed by atoms with E-state index in [-0.39, 0.29) is 6.03 Å². The molecule has 0 aliphatic carbocycles. The number of urea groups is 1. The second kappa shape index (κ2) is 6.06. The summed E-state index contributed by atoms with van der Waals surface area (Å²) in [4.78, 5) is 11.6. The van der Waals surface area contributed by atoms with Crippen molar-refractivity contribution in [1.82, 2.24) is 15.2 Å². The Morgan fingerprint density at radius 2 is 2.17 bits per heavy atom. The number of thiophene rings is 1. The number of carbonyl (C=O) groups is 1. The summed E-state index contributed by atoms with van der Waals surface area (Å²) in [5.41, 5.74) is 2.16. The SMILES string of the molecule is Cn1cccc1CNC(=O)NCc1ccsc1Br. The number of hydrogen-bond donors (Lipinski definition) is 2. The highest BCUT2D eigenvalue weighted by Crippen LogP contribution is 2.22. The van der Waals surface area contributed by atoms with Crippen LogP contribution in [0.4, 0.5) is 4.79 Å². The minimum atomic E-state index is -0.158. The molecule has 0 atom stereocenters. The number of aryl methyl sites for hydroxylation is 1. The van der Waals surface area contributed by atoms with Gasteiger partial charge in [0.15, 0.2) is 0 Å². The second-order valence-electron chi connectivity index (χ2n) is 3.87. The van der Waals surface area contributed by atoms with Crippen LogP contribution in [0.1, 0.15) is 11.3 Å². The minimum absolute atomic E-state index is 0.158. The van der Waals surface area contributed by atoms with Crippen molar-refractivity contribution in [2.75, 3.05) is 0 Å². The van der Waals surface area contributed by atoms with Gasteiger partial charge in [0.1, 0.15) is 0 Å². The van der Waals surface area contributed by atoms with Crippen molar-refractivity contribution < 1.29 is 4.79 Å². The van der Waals surface area contributed by atoms with Crippen molar-refractivity contribution in [3.8, 4) is 0 Å². The zero-order valence-corrected chi connectivity index (χ0v) is 12.3. The lowest BCUT2D eigenvalue weighted by molar-refractivity contribution is 0.240. The number of rotatable bonds is 4. The van der Waals surface area contributed by atoms with Gasteiger partial charge in [-0.05, 0) is 45.1 Å². The number of nitrogens with zero attached hydrogens (tertiary/aromatic N) is 1. The molecule has 0 unspecified atom stereocenters. The zero-order chi connectivity index (χ0) is 13.0. The molecular formula is C12H14BrN3OS. The fraction of sp³-hybridized carbons (Fsp3) is 0.250. The smallest absolute Gasteiger partial charge is 0.315 e. The van der Waals surface area contributed by atoms with E-state index in [1.165, 1.54) is 0 Å². The van der Waals surface area contributed by atoms with Gasteiger partial charge in [-0.25, -0.2) is 4.79 Å². The summed E-state index contributed by atoms with van der Waals surface area (Å²) in [5.74, 6) is 0. The first-order valence-electron chi connectivity index (χ1n) is 5.50. The van der Waals surface area contributed by atoms with Gasteiger partial charge in [0.05, 0.1) is 10.3 Å². The molecule has 2 heterocycles. The normalized spacial score (nSPS) is 10.3. The van der Waals surface area contributed by atoms with Crippen LogP contribution < -0.4 is 10.6 Å². The van der Waals surface area contributed by atoms with Crippen molar-refractivity contribution in [3.63, 3.8) is 0 Å². The van der Waals surface area contributed by atoms with E-state index in [9.17, 15) is 4.79 Å². The van der Waals surface area contributed by atoms with Crippen molar-refractivity contribution in [2.24, 2.45) is 7.05 Å². The molecule has 0 aliphatic heterocycles. The molecule has 2 amide bonds. The number of nitrogens with one attached hydrogen (secondary N) is 2. The summed E-state index contributed by atoms with van der Waals surface area (Å²) in [6, 6.07) is 5.77. The van der Waals surface area contributed by atoms with Crippen LogP contribution in [0.15, 0.2) is 33.6 Å². The van der Waals surface area contributed by atoms with Crippen LogP contribution in [0.5, 0.6) is 0 Å². The van der Waals surface area contributed by atoms with Gasteiger partial charge in [0.25, 0.3) is 0 Å². The van der Waals surface area contributed by atoms with Crippen LogP contribution in [0.25, 0.3) is 0 Å². The number of amides is 2. The van der Waals surface area contributed by atoms with E-state index in [2.05, 4.69) is 26.6 Å². The molecule has 0 saturated carbocycles. The second-order valence-corrected chi connectivity index (χ2v) is 6.10. The quantitative estimate of drug-likeness (QED) is 0.891. The molecule has 18 heavy (non-hydrogen) atoms. The van der Waals surface area contributed by atoms with E-state index in [1.807, 2.05) is 41.4 Å². The lowest BCUT2D eigenvalue weighted by Gasteiger charge is -2.08. The van der Waals surface area contributed by atoms with Crippen molar-refractivity contribution >= 4 is 33.3 Å². The van der Waals surface area contributed by atoms with E-state index in [0.717, 1.165) is 15.0 Å². The lowest BCUT2D eigenvalue weighted by atomic mass is 10.3. The maximum atomic E-state index is 11.6. The number of aromatic nitrogens is 1. The van der Waals surface area contributed by atoms with Crippen LogP contribution in [-0.2, 0) is 20.1 Å². The lowest BCUT2D eigenvalue weighted by Crippen LogP contribution is -2.34. The summed E-state index contributed by atoms with van der Waals surface area (Å²) in [6.07, 6.45) is 1.96. The van der Waals surface area contributed by atoms with Gasteiger partial charge < -0.3 is 15.2 Å². The highest BCUT2D eigenvalue weighted by molar-refractivity contribution is 9.11. The number of hydrogen-bond acceptors (Lipinski definition) is 2. The average molecular weight is 328 g/mol. The molecule has 0 saturated heterocycles. The van der Waals surface area contributed by atoms with Gasteiger partial charge in [0, 0.05) is 25.5 Å². The maximum Gasteiger partial charge on any atom is 0.315 e. The van der Waals surface area contributed by atoms with Crippen LogP contribution in [-0.4, -0.2) is 10.6 Å². The molecule has 0 aromatic carbocycles. The third-order valence-electron chi connectivity index (χ3n) is 2.61. The summed E-state index contributed by atoms with van der Waals surface area (Å²) in [7, 11) is 1.96. The molecule has 0 aliphatic rings. The molecule has 2 rings (SSSR count). The maximum absolute atomic E-state index is 11.6. The summed E-state index contributed by atoms with van der Waals surface area (Å²) in [5, 5.41) is 7.64. The van der Waals surface area contributed by atoms with Crippen LogP contribution in [0.2, 0.25) is 0 Å². The molecule has 2 N–H and O–H groups in total. The predicted molar refractivity (Wildman–Crippen MR) is 76.5 cm³/mol. The Labute approximate surface area is 118 Å². The Bertz CT molecular complexity index is 489. The molecule has 0 spiro atoms. The molecule has 0 radical (unpaired) electrons. The third-order valence-corrected chi connectivity index (χ3v) is 4.43. The topological polar surface area (TPSA) is 46.1 Å². The Hall–Kier alpha value is -1.27. The van der Waals surface area contributed by atoms with Crippen LogP contribution in [0.3, 0.4) is 0 Å². The molecule has 2 aromatic rings. The molecule has 0 bridgehead atoms. The molecule has 4 nitrogen and oxygen atoms in total.